The van der Waals surface area contributed by atoms with Gasteiger partial charge >= 0.3 is 35.5 Å². The van der Waals surface area contributed by atoms with Crippen molar-refractivity contribution in [2.75, 3.05) is 0 Å². The number of benzene rings is 3. The zero-order valence-corrected chi connectivity index (χ0v) is 28.1. The molecule has 0 radical (unpaired) electrons. The Balaban J connectivity index is 0.000000339. The number of rotatable bonds is 5. The fraction of sp³-hybridized carbons (Fsp3) is 0.382. The Kier molecular flexibility index (Phi) is 16.8. The standard InChI is InChI=1S/C11H9F2N.C11H10F2O2.C11H10F2O.CH4.ClO2.Na/c12-9-3-2-8(6-10(9)13)11(7-14)4-1-5-11;12-8-3-2-7(6-9(8)13)11(10(14)15)4-1-5-11;12-9-3-2-8(6-10(9)13)11(7-14)4-1-5-11;;2-1-3;/h2-3,6H,1,4-5H2;2-3,6H,1,4-5H2,(H,14,15);2-3,6-7H,1,4-5H2;1H4;;/q;;;;-1;+1. The number of hydrogen-bond donors (Lipinski definition) is 1. The largest absolute Gasteiger partial charge is 1.00 e. The summed E-state index contributed by atoms with van der Waals surface area (Å²) in [7, 11) is 0. The van der Waals surface area contributed by atoms with Crippen LogP contribution < -0.4 is 38.9 Å². The average molecular weight is 708 g/mol. The van der Waals surface area contributed by atoms with Crippen LogP contribution in [-0.2, 0) is 25.8 Å². The molecule has 0 atom stereocenters. The van der Waals surface area contributed by atoms with Gasteiger partial charge in [-0.2, -0.15) is 5.26 Å². The Bertz CT molecular complexity index is 1590. The van der Waals surface area contributed by atoms with Crippen LogP contribution in [0.25, 0.3) is 0 Å². The molecule has 0 bridgehead atoms. The topological polar surface area (TPSA) is 124 Å². The zero-order chi connectivity index (χ0) is 34.1. The van der Waals surface area contributed by atoms with Crippen molar-refractivity contribution >= 4 is 12.3 Å². The molecule has 3 fully saturated rings. The van der Waals surface area contributed by atoms with Crippen molar-refractivity contribution in [2.45, 2.75) is 81.5 Å². The summed E-state index contributed by atoms with van der Waals surface area (Å²) in [5, 5.41) is 18.1. The van der Waals surface area contributed by atoms with Gasteiger partial charge in [0.05, 0.1) is 33.6 Å². The monoisotopic (exact) mass is 707 g/mol. The van der Waals surface area contributed by atoms with Crippen LogP contribution in [0.4, 0.5) is 26.3 Å². The Morgan fingerprint density at radius 3 is 1.38 bits per heavy atom. The molecule has 6 rings (SSSR count). The van der Waals surface area contributed by atoms with Crippen LogP contribution in [0.2, 0.25) is 0 Å². The molecule has 48 heavy (non-hydrogen) atoms. The summed E-state index contributed by atoms with van der Waals surface area (Å²) in [6.45, 7) is 0. The average Bonchev–Trinajstić information content (AvgIpc) is 2.94. The van der Waals surface area contributed by atoms with E-state index < -0.39 is 68.4 Å². The molecule has 0 aliphatic heterocycles. The van der Waals surface area contributed by atoms with Crippen LogP contribution in [-0.4, -0.2) is 17.4 Å². The fourth-order valence-electron chi connectivity index (χ4n) is 5.58. The maximum atomic E-state index is 13.0. The first-order valence-corrected chi connectivity index (χ1v) is 14.8. The van der Waals surface area contributed by atoms with Crippen molar-refractivity contribution in [1.82, 2.24) is 0 Å². The van der Waals surface area contributed by atoms with Crippen molar-refractivity contribution in [3.05, 3.63) is 106 Å². The molecule has 0 spiro atoms. The number of carbonyl (C=O) groups excluding carboxylic acids is 1. The molecular weight excluding hydrogens is 675 g/mol. The maximum absolute atomic E-state index is 13.0. The van der Waals surface area contributed by atoms with E-state index in [-0.39, 0.29) is 37.0 Å². The van der Waals surface area contributed by atoms with Crippen LogP contribution in [0.15, 0.2) is 54.6 Å². The van der Waals surface area contributed by atoms with Crippen LogP contribution >= 0.6 is 0 Å². The molecule has 0 amide bonds. The molecule has 3 aliphatic carbocycles. The quantitative estimate of drug-likeness (QED) is 0.247. The summed E-state index contributed by atoms with van der Waals surface area (Å²) in [6, 6.07) is 12.9. The molecule has 3 saturated carbocycles. The second kappa shape index (κ2) is 18.7. The number of hydrogen-bond acceptors (Lipinski definition) is 5. The van der Waals surface area contributed by atoms with E-state index in [2.05, 4.69) is 6.07 Å². The first-order chi connectivity index (χ1) is 21.8. The van der Waals surface area contributed by atoms with E-state index in [1.54, 1.807) is 0 Å². The smallest absolute Gasteiger partial charge is 0.544 e. The van der Waals surface area contributed by atoms with Crippen molar-refractivity contribution in [3.8, 4) is 6.07 Å². The first-order valence-electron chi connectivity index (χ1n) is 14.2. The second-order valence-corrected chi connectivity index (χ2v) is 11.5. The number of aliphatic carboxylic acids is 1. The molecule has 3 aliphatic rings. The second-order valence-electron chi connectivity index (χ2n) is 11.4. The number of aldehydes is 1. The summed E-state index contributed by atoms with van der Waals surface area (Å²) in [5.41, 5.74) is -0.541. The minimum atomic E-state index is -0.992. The van der Waals surface area contributed by atoms with E-state index in [0.29, 0.717) is 29.5 Å². The van der Waals surface area contributed by atoms with E-state index >= 15 is 0 Å². The zero-order valence-electron chi connectivity index (χ0n) is 25.3. The van der Waals surface area contributed by atoms with Crippen molar-refractivity contribution in [3.63, 3.8) is 0 Å². The minimum Gasteiger partial charge on any atom is -0.544 e. The van der Waals surface area contributed by atoms with Gasteiger partial charge in [0.15, 0.2) is 34.9 Å². The molecule has 0 aromatic heterocycles. The third-order valence-electron chi connectivity index (χ3n) is 8.95. The normalized spacial score (nSPS) is 16.9. The first kappa shape index (κ1) is 43.1. The molecule has 254 valence electrons. The van der Waals surface area contributed by atoms with Gasteiger partial charge < -0.3 is 19.2 Å². The van der Waals surface area contributed by atoms with E-state index in [0.717, 1.165) is 87.6 Å². The molecule has 0 heterocycles. The van der Waals surface area contributed by atoms with Gasteiger partial charge in [0.25, 0.3) is 0 Å². The van der Waals surface area contributed by atoms with Gasteiger partial charge in [0, 0.05) is 0 Å². The Hall–Kier alpha value is -2.92. The number of nitrogens with zero attached hydrogens (tertiary/aromatic N) is 1. The van der Waals surface area contributed by atoms with Crippen LogP contribution in [0.1, 0.15) is 81.9 Å². The number of halogens is 7. The fourth-order valence-corrected chi connectivity index (χ4v) is 5.58. The molecule has 6 nitrogen and oxygen atoms in total. The minimum absolute atomic E-state index is 0. The van der Waals surface area contributed by atoms with Gasteiger partial charge in [-0.05, 0) is 98.0 Å². The summed E-state index contributed by atoms with van der Waals surface area (Å²) >= 11 is -0.417. The van der Waals surface area contributed by atoms with Crippen LogP contribution in [0, 0.1) is 57.6 Å². The predicted octanol–water partition coefficient (Wildman–Crippen LogP) is 3.23. The molecule has 1 N–H and O–H groups in total. The van der Waals surface area contributed by atoms with E-state index in [1.807, 2.05) is 0 Å². The number of carboxylic acid groups (broad SMARTS) is 1. The van der Waals surface area contributed by atoms with Crippen molar-refractivity contribution in [1.29, 1.82) is 5.26 Å². The SMILES string of the molecule is C.N#CC1(c2ccc(F)c(F)c2)CCC1.O=C(O)C1(c2ccc(F)c(F)c2)CCC1.O=CC1(c2ccc(F)c(F)c2)CCC1.[Na+].[O-][Cl+][O-]. The molecule has 0 unspecified atom stereocenters. The van der Waals surface area contributed by atoms with Crippen LogP contribution in [0.5, 0.6) is 0 Å². The van der Waals surface area contributed by atoms with Crippen molar-refractivity contribution in [2.24, 2.45) is 0 Å². The van der Waals surface area contributed by atoms with Gasteiger partial charge in [0.1, 0.15) is 6.29 Å². The Morgan fingerprint density at radius 1 is 0.708 bits per heavy atom. The molecule has 3 aromatic rings. The number of carboxylic acids is 1. The molecule has 14 heteroatoms. The van der Waals surface area contributed by atoms with Gasteiger partial charge in [-0.15, -0.1) is 0 Å². The van der Waals surface area contributed by atoms with Crippen molar-refractivity contribution < 1.29 is 91.2 Å². The molecular formula is C34H33ClF6NNaO5. The number of nitriles is 1. The Morgan fingerprint density at radius 2 is 1.08 bits per heavy atom. The van der Waals surface area contributed by atoms with Crippen LogP contribution in [0.3, 0.4) is 0 Å². The summed E-state index contributed by atoms with van der Waals surface area (Å²) in [4.78, 5) is 22.0. The van der Waals surface area contributed by atoms with E-state index in [1.165, 1.54) is 18.2 Å². The van der Waals surface area contributed by atoms with E-state index in [4.69, 9.17) is 19.7 Å². The third kappa shape index (κ3) is 9.40. The van der Waals surface area contributed by atoms with Gasteiger partial charge in [-0.25, -0.2) is 26.3 Å². The Labute approximate surface area is 301 Å². The summed E-state index contributed by atoms with van der Waals surface area (Å²) in [6.07, 6.45) is 7.56. The maximum Gasteiger partial charge on any atom is 1.00 e. The van der Waals surface area contributed by atoms with Gasteiger partial charge in [0.2, 0.25) is 0 Å². The number of carbonyl (C=O) groups is 2. The molecule has 3 aromatic carbocycles. The summed E-state index contributed by atoms with van der Waals surface area (Å²) < 4.78 is 93.3. The third-order valence-corrected chi connectivity index (χ3v) is 8.95. The van der Waals surface area contributed by atoms with E-state index in [9.17, 15) is 35.9 Å². The predicted molar refractivity (Wildman–Crippen MR) is 152 cm³/mol. The molecule has 0 saturated heterocycles. The summed E-state index contributed by atoms with van der Waals surface area (Å²) in [5.74, 6) is -6.37. The van der Waals surface area contributed by atoms with Gasteiger partial charge in [-0.3, -0.25) is 4.79 Å². The van der Waals surface area contributed by atoms with Gasteiger partial charge in [-0.1, -0.05) is 38.5 Å².